The summed E-state index contributed by atoms with van der Waals surface area (Å²) in [6.07, 6.45) is -0.348. The van der Waals surface area contributed by atoms with Gasteiger partial charge in [0.25, 0.3) is 0 Å². The molecule has 0 radical (unpaired) electrons. The smallest absolute Gasteiger partial charge is 0.407 e. The number of carbonyl (C=O) groups is 2. The molecule has 0 unspecified atom stereocenters. The first-order valence-corrected chi connectivity index (χ1v) is 7.91. The molecule has 0 aromatic heterocycles. The number of hydrogen-bond donors (Lipinski definition) is 3. The van der Waals surface area contributed by atoms with Crippen LogP contribution < -0.4 is 16.4 Å². The van der Waals surface area contributed by atoms with Crippen LogP contribution in [0, 0.1) is 5.82 Å². The molecule has 0 heterocycles. The lowest BCUT2D eigenvalue weighted by atomic mass is 10.1. The number of ether oxygens (including phenoxy) is 1. The zero-order chi connectivity index (χ0) is 18.3. The van der Waals surface area contributed by atoms with Gasteiger partial charge < -0.3 is 21.1 Å². The summed E-state index contributed by atoms with van der Waals surface area (Å²) in [5.74, 6) is -1.01. The molecule has 0 bridgehead atoms. The lowest BCUT2D eigenvalue weighted by Crippen LogP contribution is -2.43. The average molecular weight is 360 g/mol. The molecule has 24 heavy (non-hydrogen) atoms. The molecule has 1 aromatic carbocycles. The maximum absolute atomic E-state index is 13.7. The fourth-order valence-electron chi connectivity index (χ4n) is 1.77. The molecule has 0 fully saturated rings. The minimum atomic E-state index is -0.831. The van der Waals surface area contributed by atoms with Crippen LogP contribution in [0.2, 0.25) is 5.02 Å². The molecule has 4 N–H and O–H groups in total. The highest BCUT2D eigenvalue weighted by Crippen LogP contribution is 2.17. The fourth-order valence-corrected chi connectivity index (χ4v) is 1.97. The summed E-state index contributed by atoms with van der Waals surface area (Å²) >= 11 is 5.67. The van der Waals surface area contributed by atoms with Crippen molar-refractivity contribution in [2.75, 3.05) is 6.54 Å². The van der Waals surface area contributed by atoms with Gasteiger partial charge in [0.05, 0.1) is 11.1 Å². The zero-order valence-corrected chi connectivity index (χ0v) is 14.7. The quantitative estimate of drug-likeness (QED) is 0.726. The van der Waals surface area contributed by atoms with Crippen LogP contribution in [-0.2, 0) is 16.1 Å². The van der Waals surface area contributed by atoms with Crippen LogP contribution in [0.3, 0.4) is 0 Å². The SMILES string of the molecule is CC(C)(C)OC(=O)NCC[C@H](N)C(=O)NCc1cccc(Cl)c1F. The van der Waals surface area contributed by atoms with E-state index in [2.05, 4.69) is 10.6 Å². The minimum Gasteiger partial charge on any atom is -0.444 e. The van der Waals surface area contributed by atoms with Crippen molar-refractivity contribution in [3.63, 3.8) is 0 Å². The molecular formula is C16H23ClFN3O3. The molecule has 0 aliphatic carbocycles. The Morgan fingerprint density at radius 3 is 2.62 bits per heavy atom. The Kier molecular flexibility index (Phi) is 7.44. The highest BCUT2D eigenvalue weighted by molar-refractivity contribution is 6.30. The number of amides is 2. The molecular weight excluding hydrogens is 337 g/mol. The average Bonchev–Trinajstić information content (AvgIpc) is 2.46. The van der Waals surface area contributed by atoms with Crippen LogP contribution in [0.15, 0.2) is 18.2 Å². The van der Waals surface area contributed by atoms with Crippen molar-refractivity contribution in [3.05, 3.63) is 34.6 Å². The maximum Gasteiger partial charge on any atom is 0.407 e. The van der Waals surface area contributed by atoms with E-state index < -0.39 is 29.5 Å². The van der Waals surface area contributed by atoms with Crippen LogP contribution >= 0.6 is 11.6 Å². The van der Waals surface area contributed by atoms with Gasteiger partial charge in [0.2, 0.25) is 5.91 Å². The number of rotatable bonds is 6. The Bertz CT molecular complexity index is 590. The van der Waals surface area contributed by atoms with Crippen molar-refractivity contribution >= 4 is 23.6 Å². The van der Waals surface area contributed by atoms with Crippen LogP contribution in [0.5, 0.6) is 0 Å². The molecule has 8 heteroatoms. The standard InChI is InChI=1S/C16H23ClFN3O3/c1-16(2,3)24-15(23)20-8-7-12(19)14(22)21-9-10-5-4-6-11(17)13(10)18/h4-6,12H,7-9,19H2,1-3H3,(H,20,23)(H,21,22)/t12-/m0/s1. The van der Waals surface area contributed by atoms with Crippen LogP contribution in [0.1, 0.15) is 32.8 Å². The van der Waals surface area contributed by atoms with Gasteiger partial charge in [-0.15, -0.1) is 0 Å². The van der Waals surface area contributed by atoms with Crippen LogP contribution in [0.25, 0.3) is 0 Å². The molecule has 1 aromatic rings. The number of alkyl carbamates (subject to hydrolysis) is 1. The molecule has 1 rings (SSSR count). The monoisotopic (exact) mass is 359 g/mol. The number of hydrogen-bond acceptors (Lipinski definition) is 4. The first-order chi connectivity index (χ1) is 11.1. The van der Waals surface area contributed by atoms with E-state index in [0.717, 1.165) is 0 Å². The molecule has 134 valence electrons. The number of nitrogens with one attached hydrogen (secondary N) is 2. The summed E-state index contributed by atoms with van der Waals surface area (Å²) in [5, 5.41) is 5.05. The van der Waals surface area contributed by atoms with E-state index in [4.69, 9.17) is 22.1 Å². The normalized spacial score (nSPS) is 12.4. The van der Waals surface area contributed by atoms with Crippen LogP contribution in [0.4, 0.5) is 9.18 Å². The highest BCUT2D eigenvalue weighted by Gasteiger charge is 2.17. The van der Waals surface area contributed by atoms with Gasteiger partial charge in [-0.3, -0.25) is 4.79 Å². The molecule has 0 aliphatic heterocycles. The third-order valence-corrected chi connectivity index (χ3v) is 3.24. The Morgan fingerprint density at radius 2 is 2.00 bits per heavy atom. The second-order valence-corrected chi connectivity index (χ2v) is 6.66. The van der Waals surface area contributed by atoms with Gasteiger partial charge in [-0.2, -0.15) is 0 Å². The summed E-state index contributed by atoms with van der Waals surface area (Å²) in [7, 11) is 0. The fraction of sp³-hybridized carbons (Fsp3) is 0.500. The molecule has 1 atom stereocenters. The van der Waals surface area contributed by atoms with E-state index in [-0.39, 0.29) is 30.1 Å². The lowest BCUT2D eigenvalue weighted by Gasteiger charge is -2.20. The summed E-state index contributed by atoms with van der Waals surface area (Å²) in [4.78, 5) is 23.3. The number of nitrogens with two attached hydrogens (primary N) is 1. The molecule has 2 amide bonds. The maximum atomic E-state index is 13.7. The van der Waals surface area contributed by atoms with Gasteiger partial charge in [-0.1, -0.05) is 23.7 Å². The van der Waals surface area contributed by atoms with Gasteiger partial charge >= 0.3 is 6.09 Å². The predicted molar refractivity (Wildman–Crippen MR) is 90.1 cm³/mol. The van der Waals surface area contributed by atoms with Gasteiger partial charge in [0, 0.05) is 18.7 Å². The largest absolute Gasteiger partial charge is 0.444 e. The Balaban J connectivity index is 2.35. The second-order valence-electron chi connectivity index (χ2n) is 6.25. The van der Waals surface area contributed by atoms with E-state index >= 15 is 0 Å². The predicted octanol–water partition coefficient (Wildman–Crippen LogP) is 2.34. The molecule has 0 saturated heterocycles. The van der Waals surface area contributed by atoms with Crippen molar-refractivity contribution in [2.24, 2.45) is 5.73 Å². The second kappa shape index (κ2) is 8.84. The molecule has 0 spiro atoms. The van der Waals surface area contributed by atoms with E-state index in [1.54, 1.807) is 26.8 Å². The van der Waals surface area contributed by atoms with E-state index in [9.17, 15) is 14.0 Å². The summed E-state index contributed by atoms with van der Waals surface area (Å²) < 4.78 is 18.8. The molecule has 0 aliphatic rings. The van der Waals surface area contributed by atoms with Crippen molar-refractivity contribution in [2.45, 2.75) is 45.4 Å². The van der Waals surface area contributed by atoms with Crippen molar-refractivity contribution in [3.8, 4) is 0 Å². The van der Waals surface area contributed by atoms with Crippen molar-refractivity contribution < 1.29 is 18.7 Å². The van der Waals surface area contributed by atoms with Gasteiger partial charge in [-0.25, -0.2) is 9.18 Å². The Morgan fingerprint density at radius 1 is 1.33 bits per heavy atom. The van der Waals surface area contributed by atoms with Gasteiger partial charge in [0.15, 0.2) is 0 Å². The minimum absolute atomic E-state index is 0.00684. The number of carbonyl (C=O) groups excluding carboxylic acids is 2. The van der Waals surface area contributed by atoms with Gasteiger partial charge in [0.1, 0.15) is 11.4 Å². The third-order valence-electron chi connectivity index (χ3n) is 2.94. The third kappa shape index (κ3) is 7.14. The first kappa shape index (κ1) is 20.2. The molecule has 6 nitrogen and oxygen atoms in total. The Labute approximate surface area is 145 Å². The summed E-state index contributed by atoms with van der Waals surface area (Å²) in [5.41, 5.74) is 5.42. The summed E-state index contributed by atoms with van der Waals surface area (Å²) in [6.45, 7) is 5.43. The van der Waals surface area contributed by atoms with E-state index in [1.807, 2.05) is 0 Å². The number of halogens is 2. The van der Waals surface area contributed by atoms with E-state index in [1.165, 1.54) is 12.1 Å². The summed E-state index contributed by atoms with van der Waals surface area (Å²) in [6, 6.07) is 3.72. The van der Waals surface area contributed by atoms with Gasteiger partial charge in [-0.05, 0) is 33.3 Å². The Hall–Kier alpha value is -1.86. The first-order valence-electron chi connectivity index (χ1n) is 7.53. The zero-order valence-electron chi connectivity index (χ0n) is 14.0. The lowest BCUT2D eigenvalue weighted by molar-refractivity contribution is -0.122. The number of benzene rings is 1. The van der Waals surface area contributed by atoms with Crippen molar-refractivity contribution in [1.82, 2.24) is 10.6 Å². The highest BCUT2D eigenvalue weighted by atomic mass is 35.5. The topological polar surface area (TPSA) is 93.4 Å². The van der Waals surface area contributed by atoms with E-state index in [0.29, 0.717) is 0 Å². The molecule has 0 saturated carbocycles. The van der Waals surface area contributed by atoms with Crippen LogP contribution in [-0.4, -0.2) is 30.2 Å². The van der Waals surface area contributed by atoms with Crippen molar-refractivity contribution in [1.29, 1.82) is 0 Å².